The Morgan fingerprint density at radius 1 is 1.17 bits per heavy atom. The van der Waals surface area contributed by atoms with Gasteiger partial charge in [0.1, 0.15) is 23.0 Å². The molecule has 1 amide bonds. The summed E-state index contributed by atoms with van der Waals surface area (Å²) in [5.74, 6) is 1.60. The van der Waals surface area contributed by atoms with Crippen LogP contribution in [0.3, 0.4) is 0 Å². The molecule has 0 radical (unpaired) electrons. The smallest absolute Gasteiger partial charge is 0.230 e. The maximum Gasteiger partial charge on any atom is 0.230 e. The van der Waals surface area contributed by atoms with Crippen LogP contribution in [0.2, 0.25) is 0 Å². The molecule has 8 heteroatoms. The summed E-state index contributed by atoms with van der Waals surface area (Å²) >= 11 is 1.42. The zero-order chi connectivity index (χ0) is 20.6. The van der Waals surface area contributed by atoms with Crippen molar-refractivity contribution in [2.45, 2.75) is 25.3 Å². The van der Waals surface area contributed by atoms with E-state index in [2.05, 4.69) is 38.9 Å². The van der Waals surface area contributed by atoms with Gasteiger partial charge in [-0.05, 0) is 24.5 Å². The Balaban J connectivity index is 1.50. The molecule has 156 valence electrons. The van der Waals surface area contributed by atoms with Gasteiger partial charge in [0, 0.05) is 38.8 Å². The van der Waals surface area contributed by atoms with E-state index in [1.165, 1.54) is 24.2 Å². The largest absolute Gasteiger partial charge is 0.366 e. The number of rotatable bonds is 8. The van der Waals surface area contributed by atoms with Crippen LogP contribution in [0.4, 0.5) is 15.9 Å². The van der Waals surface area contributed by atoms with Gasteiger partial charge >= 0.3 is 0 Å². The van der Waals surface area contributed by atoms with Crippen molar-refractivity contribution < 1.29 is 9.18 Å². The van der Waals surface area contributed by atoms with Gasteiger partial charge in [0.05, 0.1) is 11.4 Å². The summed E-state index contributed by atoms with van der Waals surface area (Å²) in [4.78, 5) is 24.8. The molecule has 0 atom stereocenters. The number of nitrogens with zero attached hydrogens (tertiary/aromatic N) is 4. The van der Waals surface area contributed by atoms with Crippen molar-refractivity contribution in [3.63, 3.8) is 0 Å². The molecule has 3 rings (SSSR count). The first kappa shape index (κ1) is 21.4. The zero-order valence-corrected chi connectivity index (χ0v) is 17.8. The molecule has 0 spiro atoms. The van der Waals surface area contributed by atoms with Crippen molar-refractivity contribution in [2.24, 2.45) is 5.92 Å². The Hall–Kier alpha value is -2.35. The van der Waals surface area contributed by atoms with Gasteiger partial charge in [0.2, 0.25) is 5.91 Å². The van der Waals surface area contributed by atoms with Crippen LogP contribution in [0.25, 0.3) is 0 Å². The first-order chi connectivity index (χ1) is 14.0. The molecule has 2 heterocycles. The topological polar surface area (TPSA) is 61.4 Å². The predicted molar refractivity (Wildman–Crippen MR) is 116 cm³/mol. The molecule has 1 fully saturated rings. The minimum absolute atomic E-state index is 0.0225. The van der Waals surface area contributed by atoms with Crippen molar-refractivity contribution >= 4 is 29.2 Å². The summed E-state index contributed by atoms with van der Waals surface area (Å²) in [6.45, 7) is 7.95. The van der Waals surface area contributed by atoms with Crippen LogP contribution in [0.1, 0.15) is 20.3 Å². The minimum atomic E-state index is -0.187. The highest BCUT2D eigenvalue weighted by Crippen LogP contribution is 2.24. The van der Waals surface area contributed by atoms with Crippen molar-refractivity contribution in [3.05, 3.63) is 42.5 Å². The summed E-state index contributed by atoms with van der Waals surface area (Å²) in [6.07, 6.45) is 2.52. The van der Waals surface area contributed by atoms with Gasteiger partial charge in [-0.2, -0.15) is 0 Å². The molecular weight excluding hydrogens is 389 g/mol. The second-order valence-electron chi connectivity index (χ2n) is 7.46. The molecule has 1 aromatic carbocycles. The molecule has 0 saturated carbocycles. The number of hydrogen-bond acceptors (Lipinski definition) is 6. The molecule has 1 aliphatic rings. The molecule has 1 aromatic heterocycles. The number of para-hydroxylation sites is 1. The third-order valence-corrected chi connectivity index (χ3v) is 5.74. The van der Waals surface area contributed by atoms with Crippen molar-refractivity contribution in [3.8, 4) is 0 Å². The number of piperazine rings is 1. The van der Waals surface area contributed by atoms with E-state index in [4.69, 9.17) is 0 Å². The monoisotopic (exact) mass is 417 g/mol. The SMILES string of the molecule is CC(C)CCNC(=O)CSc1cc(N2CCN(c3ccccc3F)CC2)ncn1. The molecule has 0 aliphatic carbocycles. The second kappa shape index (κ2) is 10.4. The highest BCUT2D eigenvalue weighted by atomic mass is 32.2. The molecule has 0 unspecified atom stereocenters. The van der Waals surface area contributed by atoms with E-state index in [0.717, 1.165) is 43.4 Å². The van der Waals surface area contributed by atoms with Gasteiger partial charge in [-0.3, -0.25) is 4.79 Å². The Bertz CT molecular complexity index is 811. The fourth-order valence-corrected chi connectivity index (χ4v) is 3.85. The number of benzene rings is 1. The van der Waals surface area contributed by atoms with Crippen LogP contribution < -0.4 is 15.1 Å². The van der Waals surface area contributed by atoms with Gasteiger partial charge in [-0.1, -0.05) is 37.7 Å². The summed E-state index contributed by atoms with van der Waals surface area (Å²) in [7, 11) is 0. The molecular formula is C21H28FN5OS. The van der Waals surface area contributed by atoms with Gasteiger partial charge in [0.15, 0.2) is 0 Å². The normalized spacial score (nSPS) is 14.3. The van der Waals surface area contributed by atoms with Gasteiger partial charge in [0.25, 0.3) is 0 Å². The van der Waals surface area contributed by atoms with E-state index < -0.39 is 0 Å². The average Bonchev–Trinajstić information content (AvgIpc) is 2.73. The number of halogens is 1. The summed E-state index contributed by atoms with van der Waals surface area (Å²) in [5, 5.41) is 3.72. The lowest BCUT2D eigenvalue weighted by Gasteiger charge is -2.36. The molecule has 1 N–H and O–H groups in total. The lowest BCUT2D eigenvalue weighted by atomic mass is 10.1. The lowest BCUT2D eigenvalue weighted by Crippen LogP contribution is -2.47. The summed E-state index contributed by atoms with van der Waals surface area (Å²) in [6, 6.07) is 8.80. The minimum Gasteiger partial charge on any atom is -0.366 e. The Morgan fingerprint density at radius 2 is 1.90 bits per heavy atom. The highest BCUT2D eigenvalue weighted by molar-refractivity contribution is 7.99. The number of hydrogen-bond donors (Lipinski definition) is 1. The van der Waals surface area contributed by atoms with E-state index in [1.54, 1.807) is 6.07 Å². The van der Waals surface area contributed by atoms with E-state index in [1.807, 2.05) is 18.2 Å². The maximum atomic E-state index is 14.0. The predicted octanol–water partition coefficient (Wildman–Crippen LogP) is 3.20. The van der Waals surface area contributed by atoms with Crippen molar-refractivity contribution in [1.29, 1.82) is 0 Å². The highest BCUT2D eigenvalue weighted by Gasteiger charge is 2.20. The quantitative estimate of drug-likeness (QED) is 0.526. The fraction of sp³-hybridized carbons (Fsp3) is 0.476. The van der Waals surface area contributed by atoms with Crippen LogP contribution in [0, 0.1) is 11.7 Å². The van der Waals surface area contributed by atoms with E-state index in [9.17, 15) is 9.18 Å². The Labute approximate surface area is 175 Å². The third-order valence-electron chi connectivity index (χ3n) is 4.82. The molecule has 1 saturated heterocycles. The van der Waals surface area contributed by atoms with Crippen molar-refractivity contribution in [2.75, 3.05) is 48.3 Å². The third kappa shape index (κ3) is 6.32. The van der Waals surface area contributed by atoms with Gasteiger partial charge in [-0.25, -0.2) is 14.4 Å². The number of amides is 1. The molecule has 2 aromatic rings. The van der Waals surface area contributed by atoms with Crippen LogP contribution in [0.15, 0.2) is 41.7 Å². The molecule has 6 nitrogen and oxygen atoms in total. The standard InChI is InChI=1S/C21H28FN5OS/c1-16(2)7-8-23-20(28)14-29-21-13-19(24-15-25-21)27-11-9-26(10-12-27)18-6-4-3-5-17(18)22/h3-6,13,15-16H,7-12,14H2,1-2H3,(H,23,28). The number of thioether (sulfide) groups is 1. The zero-order valence-electron chi connectivity index (χ0n) is 17.0. The lowest BCUT2D eigenvalue weighted by molar-refractivity contribution is -0.118. The van der Waals surface area contributed by atoms with E-state index in [0.29, 0.717) is 23.9 Å². The molecule has 0 bridgehead atoms. The first-order valence-electron chi connectivity index (χ1n) is 9.99. The van der Waals surface area contributed by atoms with Gasteiger partial charge in [-0.15, -0.1) is 0 Å². The number of nitrogens with one attached hydrogen (secondary N) is 1. The summed E-state index contributed by atoms with van der Waals surface area (Å²) < 4.78 is 14.0. The molecule has 1 aliphatic heterocycles. The van der Waals surface area contributed by atoms with E-state index >= 15 is 0 Å². The Morgan fingerprint density at radius 3 is 2.62 bits per heavy atom. The first-order valence-corrected chi connectivity index (χ1v) is 11.0. The molecule has 29 heavy (non-hydrogen) atoms. The average molecular weight is 418 g/mol. The number of aromatic nitrogens is 2. The van der Waals surface area contributed by atoms with Crippen LogP contribution in [-0.4, -0.2) is 54.4 Å². The number of anilines is 2. The maximum absolute atomic E-state index is 14.0. The van der Waals surface area contributed by atoms with Crippen LogP contribution in [0.5, 0.6) is 0 Å². The van der Waals surface area contributed by atoms with Crippen molar-refractivity contribution in [1.82, 2.24) is 15.3 Å². The fourth-order valence-electron chi connectivity index (χ4n) is 3.16. The Kier molecular flexibility index (Phi) is 7.69. The second-order valence-corrected chi connectivity index (χ2v) is 8.46. The summed E-state index contributed by atoms with van der Waals surface area (Å²) in [5.41, 5.74) is 0.648. The number of carbonyl (C=O) groups is 1. The van der Waals surface area contributed by atoms with Gasteiger partial charge < -0.3 is 15.1 Å². The van der Waals surface area contributed by atoms with Crippen LogP contribution >= 0.6 is 11.8 Å². The number of carbonyl (C=O) groups excluding carboxylic acids is 1. The van der Waals surface area contributed by atoms with E-state index in [-0.39, 0.29) is 11.7 Å². The van der Waals surface area contributed by atoms with Crippen LogP contribution in [-0.2, 0) is 4.79 Å².